The lowest BCUT2D eigenvalue weighted by Crippen LogP contribution is -2.55. The third-order valence-corrected chi connectivity index (χ3v) is 5.58. The highest BCUT2D eigenvalue weighted by Gasteiger charge is 2.30. The molecule has 3 aromatic heterocycles. The van der Waals surface area contributed by atoms with Crippen molar-refractivity contribution >= 4 is 45.2 Å². The van der Waals surface area contributed by atoms with Gasteiger partial charge in [0, 0.05) is 31.7 Å². The molecular formula is C18H22N8O3S. The second kappa shape index (κ2) is 8.14. The Labute approximate surface area is 176 Å². The van der Waals surface area contributed by atoms with Crippen molar-refractivity contribution in [3.05, 3.63) is 17.6 Å². The summed E-state index contributed by atoms with van der Waals surface area (Å²) in [5, 5.41) is 2.86. The highest BCUT2D eigenvalue weighted by atomic mass is 32.1. The van der Waals surface area contributed by atoms with Gasteiger partial charge in [0.2, 0.25) is 17.7 Å². The van der Waals surface area contributed by atoms with Crippen LogP contribution in [0, 0.1) is 0 Å². The van der Waals surface area contributed by atoms with Gasteiger partial charge in [-0.25, -0.2) is 14.8 Å². The van der Waals surface area contributed by atoms with E-state index in [1.165, 1.54) is 25.6 Å². The van der Waals surface area contributed by atoms with Gasteiger partial charge in [0.25, 0.3) is 0 Å². The number of carbonyl (C=O) groups excluding carboxylic acids is 1. The first-order valence-corrected chi connectivity index (χ1v) is 10.2. The van der Waals surface area contributed by atoms with E-state index in [-0.39, 0.29) is 23.9 Å². The van der Waals surface area contributed by atoms with Crippen molar-refractivity contribution in [2.24, 2.45) is 0 Å². The summed E-state index contributed by atoms with van der Waals surface area (Å²) in [6, 6.07) is 3.15. The summed E-state index contributed by atoms with van der Waals surface area (Å²) in [6.45, 7) is 3.64. The molecule has 4 rings (SSSR count). The summed E-state index contributed by atoms with van der Waals surface area (Å²) >= 11 is 1.42. The Balaban J connectivity index is 1.48. The van der Waals surface area contributed by atoms with Crippen molar-refractivity contribution in [2.75, 3.05) is 49.8 Å². The number of ether oxygens (including phenoxy) is 2. The third kappa shape index (κ3) is 3.73. The lowest BCUT2D eigenvalue weighted by atomic mass is 10.2. The van der Waals surface area contributed by atoms with Gasteiger partial charge in [0.05, 0.1) is 19.7 Å². The lowest BCUT2D eigenvalue weighted by Gasteiger charge is -2.40. The third-order valence-electron chi connectivity index (χ3n) is 4.86. The van der Waals surface area contributed by atoms with E-state index in [0.717, 1.165) is 10.3 Å². The molecule has 0 aromatic carbocycles. The van der Waals surface area contributed by atoms with Crippen LogP contribution in [-0.2, 0) is 0 Å². The summed E-state index contributed by atoms with van der Waals surface area (Å²) < 4.78 is 10.3. The van der Waals surface area contributed by atoms with E-state index in [1.807, 2.05) is 6.92 Å². The van der Waals surface area contributed by atoms with Crippen molar-refractivity contribution in [2.45, 2.75) is 13.0 Å². The molecule has 1 fully saturated rings. The van der Waals surface area contributed by atoms with E-state index in [4.69, 9.17) is 15.2 Å². The topological polar surface area (TPSA) is 132 Å². The summed E-state index contributed by atoms with van der Waals surface area (Å²) in [5.74, 6) is 1.61. The average Bonchev–Trinajstić information content (AvgIpc) is 3.21. The van der Waals surface area contributed by atoms with E-state index in [9.17, 15) is 4.79 Å². The number of nitrogen functional groups attached to an aromatic ring is 1. The van der Waals surface area contributed by atoms with Crippen molar-refractivity contribution in [1.29, 1.82) is 0 Å². The number of methoxy groups -OCH3 is 2. The second-order valence-electron chi connectivity index (χ2n) is 6.74. The Hall–Kier alpha value is -3.41. The van der Waals surface area contributed by atoms with Crippen LogP contribution in [0.5, 0.6) is 11.8 Å². The molecule has 12 heteroatoms. The zero-order valence-electron chi connectivity index (χ0n) is 16.8. The Bertz CT molecular complexity index is 1070. The fourth-order valence-electron chi connectivity index (χ4n) is 3.40. The highest BCUT2D eigenvalue weighted by Crippen LogP contribution is 2.29. The molecule has 30 heavy (non-hydrogen) atoms. The molecule has 158 valence electrons. The van der Waals surface area contributed by atoms with E-state index < -0.39 is 0 Å². The molecule has 1 aliphatic rings. The van der Waals surface area contributed by atoms with E-state index in [1.54, 1.807) is 22.5 Å². The lowest BCUT2D eigenvalue weighted by molar-refractivity contribution is 0.200. The molecular weight excluding hydrogens is 408 g/mol. The first kappa shape index (κ1) is 19.9. The molecule has 1 aliphatic heterocycles. The maximum atomic E-state index is 12.8. The summed E-state index contributed by atoms with van der Waals surface area (Å²) in [7, 11) is 3.01. The molecule has 0 spiro atoms. The normalized spacial score (nSPS) is 16.6. The number of nitrogens with zero attached hydrogens (tertiary/aromatic N) is 6. The van der Waals surface area contributed by atoms with Gasteiger partial charge in [-0.15, -0.1) is 11.3 Å². The van der Waals surface area contributed by atoms with Gasteiger partial charge >= 0.3 is 6.03 Å². The molecule has 11 nitrogen and oxygen atoms in total. The van der Waals surface area contributed by atoms with Crippen LogP contribution in [0.15, 0.2) is 17.6 Å². The molecule has 0 saturated carbocycles. The number of hydrogen-bond acceptors (Lipinski definition) is 10. The van der Waals surface area contributed by atoms with Crippen molar-refractivity contribution in [3.8, 4) is 11.8 Å². The minimum atomic E-state index is -0.229. The predicted octanol–water partition coefficient (Wildman–Crippen LogP) is 1.82. The van der Waals surface area contributed by atoms with Gasteiger partial charge in [0.1, 0.15) is 11.2 Å². The van der Waals surface area contributed by atoms with Crippen LogP contribution >= 0.6 is 11.3 Å². The number of urea groups is 1. The number of nitrogens with one attached hydrogen (secondary N) is 1. The van der Waals surface area contributed by atoms with Gasteiger partial charge in [0.15, 0.2) is 10.6 Å². The molecule has 3 N–H and O–H groups in total. The smallest absolute Gasteiger partial charge is 0.322 e. The summed E-state index contributed by atoms with van der Waals surface area (Å²) in [5.41, 5.74) is 8.81. The van der Waals surface area contributed by atoms with E-state index in [0.29, 0.717) is 37.0 Å². The number of rotatable bonds is 4. The van der Waals surface area contributed by atoms with Gasteiger partial charge in [-0.3, -0.25) is 0 Å². The fourth-order valence-corrected chi connectivity index (χ4v) is 4.06. The Kier molecular flexibility index (Phi) is 5.40. The number of aromatic nitrogens is 4. The predicted molar refractivity (Wildman–Crippen MR) is 114 cm³/mol. The Morgan fingerprint density at radius 1 is 1.23 bits per heavy atom. The van der Waals surface area contributed by atoms with E-state index >= 15 is 0 Å². The monoisotopic (exact) mass is 430 g/mol. The second-order valence-corrected chi connectivity index (χ2v) is 7.57. The maximum absolute atomic E-state index is 12.8. The number of pyridine rings is 1. The van der Waals surface area contributed by atoms with Crippen LogP contribution in [0.1, 0.15) is 6.92 Å². The van der Waals surface area contributed by atoms with E-state index in [2.05, 4.69) is 30.2 Å². The quantitative estimate of drug-likeness (QED) is 0.636. The van der Waals surface area contributed by atoms with Crippen molar-refractivity contribution in [1.82, 2.24) is 24.8 Å². The van der Waals surface area contributed by atoms with Crippen LogP contribution < -0.4 is 25.4 Å². The highest BCUT2D eigenvalue weighted by molar-refractivity contribution is 7.16. The zero-order valence-corrected chi connectivity index (χ0v) is 17.6. The van der Waals surface area contributed by atoms with Crippen molar-refractivity contribution in [3.63, 3.8) is 0 Å². The molecule has 1 unspecified atom stereocenters. The molecule has 0 aliphatic carbocycles. The number of amides is 2. The summed E-state index contributed by atoms with van der Waals surface area (Å²) in [4.78, 5) is 34.6. The largest absolute Gasteiger partial charge is 0.481 e. The summed E-state index contributed by atoms with van der Waals surface area (Å²) in [6.07, 6.45) is 0. The average molecular weight is 430 g/mol. The minimum absolute atomic E-state index is 0.0135. The molecule has 0 radical (unpaired) electrons. The Morgan fingerprint density at radius 3 is 2.80 bits per heavy atom. The molecule has 1 atom stereocenters. The number of fused-ring (bicyclic) bond motifs is 1. The number of anilines is 3. The van der Waals surface area contributed by atoms with Crippen LogP contribution in [-0.4, -0.2) is 70.8 Å². The molecule has 3 aromatic rings. The standard InChI is InChI=1S/C18H22N8O3S/c1-10-8-25(18(27)21-11-4-5-12(28-2)22-15(11)29-3)6-7-26(10)14-13-16(30-9-20-13)24-17(19)23-14/h4-5,9-10H,6-8H2,1-3H3,(H,21,27)(H2,19,23,24). The molecule has 0 bridgehead atoms. The maximum Gasteiger partial charge on any atom is 0.322 e. The molecule has 4 heterocycles. The van der Waals surface area contributed by atoms with Crippen LogP contribution in [0.4, 0.5) is 22.2 Å². The van der Waals surface area contributed by atoms with Gasteiger partial charge in [-0.2, -0.15) is 9.97 Å². The zero-order chi connectivity index (χ0) is 21.3. The van der Waals surface area contributed by atoms with Crippen LogP contribution in [0.3, 0.4) is 0 Å². The number of carbonyl (C=O) groups is 1. The van der Waals surface area contributed by atoms with Gasteiger partial charge in [-0.05, 0) is 13.0 Å². The van der Waals surface area contributed by atoms with Crippen molar-refractivity contribution < 1.29 is 14.3 Å². The molecule has 1 saturated heterocycles. The number of hydrogen-bond donors (Lipinski definition) is 2. The number of piperazine rings is 1. The first-order chi connectivity index (χ1) is 14.5. The molecule has 2 amide bonds. The fraction of sp³-hybridized carbons (Fsp3) is 0.389. The minimum Gasteiger partial charge on any atom is -0.481 e. The van der Waals surface area contributed by atoms with Crippen LogP contribution in [0.2, 0.25) is 0 Å². The van der Waals surface area contributed by atoms with Crippen LogP contribution in [0.25, 0.3) is 10.3 Å². The number of nitrogens with two attached hydrogens (primary N) is 1. The number of thiazole rings is 1. The Morgan fingerprint density at radius 2 is 2.07 bits per heavy atom. The first-order valence-electron chi connectivity index (χ1n) is 9.28. The SMILES string of the molecule is COc1ccc(NC(=O)N2CCN(c3nc(N)nc4scnc34)C(C)C2)c(OC)n1. The van der Waals surface area contributed by atoms with Gasteiger partial charge < -0.3 is 30.3 Å². The van der Waals surface area contributed by atoms with Gasteiger partial charge in [-0.1, -0.05) is 0 Å².